The molecular weight excluding hydrogens is 387 g/mol. The van der Waals surface area contributed by atoms with E-state index >= 15 is 0 Å². The first kappa shape index (κ1) is 21.2. The summed E-state index contributed by atoms with van der Waals surface area (Å²) in [5.74, 6) is -1.00. The Morgan fingerprint density at radius 1 is 1.26 bits per heavy atom. The molecule has 0 radical (unpaired) electrons. The van der Waals surface area contributed by atoms with Gasteiger partial charge in [0.1, 0.15) is 11.0 Å². The Bertz CT molecular complexity index is 778. The van der Waals surface area contributed by atoms with Crippen LogP contribution in [0.25, 0.3) is 0 Å². The third-order valence-electron chi connectivity index (χ3n) is 3.77. The fourth-order valence-corrected chi connectivity index (χ4v) is 2.66. The van der Waals surface area contributed by atoms with Gasteiger partial charge >= 0.3 is 6.18 Å². The zero-order valence-corrected chi connectivity index (χ0v) is 15.7. The van der Waals surface area contributed by atoms with Gasteiger partial charge in [-0.1, -0.05) is 25.4 Å². The van der Waals surface area contributed by atoms with Crippen molar-refractivity contribution in [3.63, 3.8) is 0 Å². The fourth-order valence-electron chi connectivity index (χ4n) is 2.40. The summed E-state index contributed by atoms with van der Waals surface area (Å²) < 4.78 is 43.6. The largest absolute Gasteiger partial charge is 0.419 e. The third kappa shape index (κ3) is 4.98. The van der Waals surface area contributed by atoms with Crippen LogP contribution in [-0.2, 0) is 20.5 Å². The zero-order valence-electron chi connectivity index (χ0n) is 15.0. The average Bonchev–Trinajstić information content (AvgIpc) is 2.74. The topological polar surface area (TPSA) is 71.5 Å². The van der Waals surface area contributed by atoms with Gasteiger partial charge in [-0.3, -0.25) is 15.0 Å². The summed E-state index contributed by atoms with van der Waals surface area (Å²) in [6.45, 7) is 6.30. The number of nitrogens with zero attached hydrogens (tertiary/aromatic N) is 2. The molecule has 0 atom stereocenters. The highest BCUT2D eigenvalue weighted by molar-refractivity contribution is 6.30. The van der Waals surface area contributed by atoms with Crippen molar-refractivity contribution in [3.05, 3.63) is 34.0 Å². The quantitative estimate of drug-likeness (QED) is 0.424. The maximum absolute atomic E-state index is 12.7. The van der Waals surface area contributed by atoms with Crippen LogP contribution in [0.4, 0.5) is 19.0 Å². The van der Waals surface area contributed by atoms with Crippen molar-refractivity contribution in [3.8, 4) is 0 Å². The first-order chi connectivity index (χ1) is 12.5. The van der Waals surface area contributed by atoms with Gasteiger partial charge in [-0.25, -0.2) is 4.98 Å². The lowest BCUT2D eigenvalue weighted by Crippen LogP contribution is -2.37. The van der Waals surface area contributed by atoms with Crippen LogP contribution in [-0.4, -0.2) is 35.0 Å². The zero-order chi connectivity index (χ0) is 20.4. The van der Waals surface area contributed by atoms with Gasteiger partial charge < -0.3 is 4.74 Å². The summed E-state index contributed by atoms with van der Waals surface area (Å²) in [6.07, 6.45) is -4.40. The van der Waals surface area contributed by atoms with Gasteiger partial charge in [-0.05, 0) is 25.0 Å². The van der Waals surface area contributed by atoms with E-state index in [-0.39, 0.29) is 30.0 Å². The lowest BCUT2D eigenvalue weighted by atomic mass is 10.1. The van der Waals surface area contributed by atoms with Crippen molar-refractivity contribution >= 4 is 29.2 Å². The molecule has 2 heterocycles. The van der Waals surface area contributed by atoms with E-state index in [9.17, 15) is 22.8 Å². The minimum absolute atomic E-state index is 0.153. The van der Waals surface area contributed by atoms with Crippen LogP contribution in [0.1, 0.15) is 32.8 Å². The molecule has 1 aromatic rings. The fraction of sp³-hybridized carbons (Fsp3) is 0.471. The predicted molar refractivity (Wildman–Crippen MR) is 92.7 cm³/mol. The number of hydrazine groups is 1. The predicted octanol–water partition coefficient (Wildman–Crippen LogP) is 3.83. The Morgan fingerprint density at radius 3 is 2.48 bits per heavy atom. The molecule has 2 rings (SSSR count). The van der Waals surface area contributed by atoms with Crippen LogP contribution in [0.5, 0.6) is 0 Å². The number of alkyl halides is 3. The molecule has 1 aliphatic rings. The number of ether oxygens (including phenoxy) is 1. The first-order valence-corrected chi connectivity index (χ1v) is 8.56. The highest BCUT2D eigenvalue weighted by Crippen LogP contribution is 2.34. The minimum Gasteiger partial charge on any atom is -0.381 e. The molecule has 0 saturated carbocycles. The number of hydrogen-bond donors (Lipinski definition) is 1. The monoisotopic (exact) mass is 405 g/mol. The van der Waals surface area contributed by atoms with Gasteiger partial charge in [0.05, 0.1) is 12.2 Å². The number of anilines is 1. The number of nitrogens with one attached hydrogen (secondary N) is 1. The molecule has 0 bridgehead atoms. The number of rotatable bonds is 7. The summed E-state index contributed by atoms with van der Waals surface area (Å²) in [5, 5.41) is -0.0717. The maximum atomic E-state index is 12.7. The van der Waals surface area contributed by atoms with E-state index in [2.05, 4.69) is 10.4 Å². The van der Waals surface area contributed by atoms with Gasteiger partial charge in [0.25, 0.3) is 11.8 Å². The Kier molecular flexibility index (Phi) is 6.48. The van der Waals surface area contributed by atoms with E-state index in [1.807, 2.05) is 13.8 Å². The minimum atomic E-state index is -4.65. The highest BCUT2D eigenvalue weighted by atomic mass is 35.5. The lowest BCUT2D eigenvalue weighted by molar-refractivity contribution is -0.138. The van der Waals surface area contributed by atoms with Crippen LogP contribution in [0.2, 0.25) is 5.15 Å². The Balaban J connectivity index is 2.07. The third-order valence-corrected chi connectivity index (χ3v) is 4.05. The van der Waals surface area contributed by atoms with Gasteiger partial charge in [-0.15, -0.1) is 0 Å². The van der Waals surface area contributed by atoms with Crippen LogP contribution < -0.4 is 5.43 Å². The number of imide groups is 1. The standard InChI is InChI=1S/C17H19ClF3N3O3/c1-9(2)8-27-7-6-11-10(3)15(25)24(16(11)26)23-13-5-4-12(14(18)22-13)17(19,20)21/h4-5,9H,6-8H2,1-3H3,(H,22,23). The molecule has 0 saturated heterocycles. The molecule has 1 aliphatic heterocycles. The van der Waals surface area contributed by atoms with E-state index in [0.29, 0.717) is 17.5 Å². The molecule has 148 valence electrons. The molecule has 10 heteroatoms. The molecule has 1 N–H and O–H groups in total. The summed E-state index contributed by atoms with van der Waals surface area (Å²) in [4.78, 5) is 28.3. The van der Waals surface area contributed by atoms with Crippen molar-refractivity contribution < 1.29 is 27.5 Å². The number of hydrogen-bond acceptors (Lipinski definition) is 5. The highest BCUT2D eigenvalue weighted by Gasteiger charge is 2.37. The number of aromatic nitrogens is 1. The Labute approximate surface area is 159 Å². The number of amides is 2. The summed E-state index contributed by atoms with van der Waals surface area (Å²) in [5.41, 5.74) is 1.85. The molecule has 6 nitrogen and oxygen atoms in total. The van der Waals surface area contributed by atoms with Crippen molar-refractivity contribution in [1.82, 2.24) is 9.99 Å². The van der Waals surface area contributed by atoms with Gasteiger partial charge in [-0.2, -0.15) is 18.2 Å². The van der Waals surface area contributed by atoms with Gasteiger partial charge in [0.2, 0.25) is 0 Å². The van der Waals surface area contributed by atoms with Crippen molar-refractivity contribution in [2.24, 2.45) is 5.92 Å². The van der Waals surface area contributed by atoms with Crippen molar-refractivity contribution in [2.75, 3.05) is 18.6 Å². The molecule has 0 aliphatic carbocycles. The maximum Gasteiger partial charge on any atom is 0.419 e. The summed E-state index contributed by atoms with van der Waals surface area (Å²) in [7, 11) is 0. The normalized spacial score (nSPS) is 15.3. The lowest BCUT2D eigenvalue weighted by Gasteiger charge is -2.18. The van der Waals surface area contributed by atoms with E-state index in [0.717, 1.165) is 12.1 Å². The molecule has 0 aromatic carbocycles. The second kappa shape index (κ2) is 8.26. The van der Waals surface area contributed by atoms with E-state index in [1.54, 1.807) is 0 Å². The SMILES string of the molecule is CC1=C(CCOCC(C)C)C(=O)N(Nc2ccc(C(F)(F)F)c(Cl)n2)C1=O. The molecule has 2 amide bonds. The van der Waals surface area contributed by atoms with Crippen LogP contribution >= 0.6 is 11.6 Å². The molecule has 0 spiro atoms. The molecule has 27 heavy (non-hydrogen) atoms. The number of carbonyl (C=O) groups excluding carboxylic acids is 2. The van der Waals surface area contributed by atoms with Crippen LogP contribution in [0, 0.1) is 5.92 Å². The van der Waals surface area contributed by atoms with Gasteiger partial charge in [0, 0.05) is 24.2 Å². The Hall–Kier alpha value is -2.13. The Morgan fingerprint density at radius 2 is 1.93 bits per heavy atom. The molecule has 0 fully saturated rings. The van der Waals surface area contributed by atoms with E-state index < -0.39 is 28.7 Å². The van der Waals surface area contributed by atoms with E-state index in [4.69, 9.17) is 16.3 Å². The number of halogens is 4. The van der Waals surface area contributed by atoms with Gasteiger partial charge in [0.15, 0.2) is 0 Å². The number of carbonyl (C=O) groups is 2. The molecular formula is C17H19ClF3N3O3. The van der Waals surface area contributed by atoms with E-state index in [1.165, 1.54) is 6.92 Å². The first-order valence-electron chi connectivity index (χ1n) is 8.19. The van der Waals surface area contributed by atoms with Crippen LogP contribution in [0.15, 0.2) is 23.3 Å². The second-order valence-electron chi connectivity index (χ2n) is 6.41. The summed E-state index contributed by atoms with van der Waals surface area (Å²) in [6, 6.07) is 1.72. The average molecular weight is 406 g/mol. The molecule has 1 aromatic heterocycles. The summed E-state index contributed by atoms with van der Waals surface area (Å²) >= 11 is 5.55. The molecule has 0 unspecified atom stereocenters. The smallest absolute Gasteiger partial charge is 0.381 e. The number of pyridine rings is 1. The van der Waals surface area contributed by atoms with Crippen molar-refractivity contribution in [1.29, 1.82) is 0 Å². The van der Waals surface area contributed by atoms with Crippen molar-refractivity contribution in [2.45, 2.75) is 33.4 Å². The second-order valence-corrected chi connectivity index (χ2v) is 6.77. The van der Waals surface area contributed by atoms with Crippen LogP contribution in [0.3, 0.4) is 0 Å².